The van der Waals surface area contributed by atoms with E-state index in [2.05, 4.69) is 22.5 Å². The van der Waals surface area contributed by atoms with Gasteiger partial charge in [-0.05, 0) is 26.3 Å². The van der Waals surface area contributed by atoms with Crippen molar-refractivity contribution in [2.45, 2.75) is 32.0 Å². The van der Waals surface area contributed by atoms with E-state index in [4.69, 9.17) is 0 Å². The van der Waals surface area contributed by atoms with Crippen LogP contribution in [-0.4, -0.2) is 42.6 Å². The first-order chi connectivity index (χ1) is 6.25. The molecule has 13 heavy (non-hydrogen) atoms. The van der Waals surface area contributed by atoms with E-state index in [9.17, 15) is 4.79 Å². The largest absolute Gasteiger partial charge is 0.351 e. The third kappa shape index (κ3) is 2.00. The van der Waals surface area contributed by atoms with Crippen molar-refractivity contribution in [2.24, 2.45) is 0 Å². The Bertz CT molecular complexity index is 201. The van der Waals surface area contributed by atoms with E-state index in [0.717, 1.165) is 13.1 Å². The maximum Gasteiger partial charge on any atom is 0.234 e. The maximum absolute atomic E-state index is 11.3. The summed E-state index contributed by atoms with van der Waals surface area (Å²) in [6, 6.07) is 0.295. The summed E-state index contributed by atoms with van der Waals surface area (Å²) >= 11 is 0. The van der Waals surface area contributed by atoms with Crippen molar-refractivity contribution in [1.82, 2.24) is 15.5 Å². The van der Waals surface area contributed by atoms with Gasteiger partial charge in [0.15, 0.2) is 0 Å². The predicted octanol–water partition coefficient (Wildman–Crippen LogP) is -0.484. The summed E-state index contributed by atoms with van der Waals surface area (Å²) in [6.45, 7) is 4.68. The van der Waals surface area contributed by atoms with E-state index in [-0.39, 0.29) is 5.91 Å². The molecule has 2 fully saturated rings. The van der Waals surface area contributed by atoms with Gasteiger partial charge in [0.05, 0.1) is 12.7 Å². The molecule has 0 saturated carbocycles. The topological polar surface area (TPSA) is 44.4 Å². The summed E-state index contributed by atoms with van der Waals surface area (Å²) in [5.74, 6) is 0.160. The molecule has 4 heteroatoms. The van der Waals surface area contributed by atoms with E-state index >= 15 is 0 Å². The molecule has 2 N–H and O–H groups in total. The monoisotopic (exact) mass is 183 g/mol. The van der Waals surface area contributed by atoms with Gasteiger partial charge in [-0.1, -0.05) is 0 Å². The van der Waals surface area contributed by atoms with Crippen LogP contribution < -0.4 is 10.6 Å². The van der Waals surface area contributed by atoms with Gasteiger partial charge in [-0.2, -0.15) is 0 Å². The van der Waals surface area contributed by atoms with Crippen LogP contribution in [0.25, 0.3) is 0 Å². The Hall–Kier alpha value is -0.610. The first kappa shape index (κ1) is 8.97. The Morgan fingerprint density at radius 1 is 1.54 bits per heavy atom. The lowest BCUT2D eigenvalue weighted by atomic mass is 10.2. The SMILES string of the molecule is CC1CN(C2CCCN2)CC(=O)N1. The summed E-state index contributed by atoms with van der Waals surface area (Å²) in [5, 5.41) is 6.34. The second-order valence-electron chi connectivity index (χ2n) is 4.01. The molecule has 0 aliphatic carbocycles. The molecular weight excluding hydrogens is 166 g/mol. The van der Waals surface area contributed by atoms with Crippen molar-refractivity contribution >= 4 is 5.91 Å². The van der Waals surface area contributed by atoms with E-state index in [1.165, 1.54) is 12.8 Å². The Labute approximate surface area is 78.7 Å². The third-order valence-electron chi connectivity index (χ3n) is 2.74. The molecule has 2 saturated heterocycles. The zero-order chi connectivity index (χ0) is 9.26. The summed E-state index contributed by atoms with van der Waals surface area (Å²) in [7, 11) is 0. The van der Waals surface area contributed by atoms with Crippen LogP contribution in [0.1, 0.15) is 19.8 Å². The lowest BCUT2D eigenvalue weighted by molar-refractivity contribution is -0.126. The zero-order valence-electron chi connectivity index (χ0n) is 8.05. The van der Waals surface area contributed by atoms with Gasteiger partial charge < -0.3 is 10.6 Å². The van der Waals surface area contributed by atoms with E-state index < -0.39 is 0 Å². The molecule has 2 unspecified atom stereocenters. The summed E-state index contributed by atoms with van der Waals surface area (Å²) in [5.41, 5.74) is 0. The highest BCUT2D eigenvalue weighted by Crippen LogP contribution is 2.12. The number of piperazine rings is 1. The van der Waals surface area contributed by atoms with Crippen LogP contribution in [0.4, 0.5) is 0 Å². The number of hydrogen-bond donors (Lipinski definition) is 2. The molecule has 2 atom stereocenters. The summed E-state index contributed by atoms with van der Waals surface area (Å²) < 4.78 is 0. The normalized spacial score (nSPS) is 36.2. The van der Waals surface area contributed by atoms with Gasteiger partial charge >= 0.3 is 0 Å². The smallest absolute Gasteiger partial charge is 0.234 e. The van der Waals surface area contributed by atoms with E-state index in [1.807, 2.05) is 0 Å². The molecule has 0 spiro atoms. The van der Waals surface area contributed by atoms with E-state index in [1.54, 1.807) is 0 Å². The van der Waals surface area contributed by atoms with Crippen LogP contribution in [0, 0.1) is 0 Å². The number of carbonyl (C=O) groups excluding carboxylic acids is 1. The minimum Gasteiger partial charge on any atom is -0.351 e. The Balaban J connectivity index is 1.94. The molecule has 0 bridgehead atoms. The molecule has 0 aromatic heterocycles. The highest BCUT2D eigenvalue weighted by atomic mass is 16.2. The molecule has 2 rings (SSSR count). The number of carbonyl (C=O) groups is 1. The minimum atomic E-state index is 0.160. The van der Waals surface area contributed by atoms with Gasteiger partial charge in [-0.25, -0.2) is 0 Å². The third-order valence-corrected chi connectivity index (χ3v) is 2.74. The average molecular weight is 183 g/mol. The van der Waals surface area contributed by atoms with Gasteiger partial charge in [-0.3, -0.25) is 9.69 Å². The lowest BCUT2D eigenvalue weighted by Gasteiger charge is -2.35. The van der Waals surface area contributed by atoms with Crippen LogP contribution >= 0.6 is 0 Å². The van der Waals surface area contributed by atoms with Crippen molar-refractivity contribution in [3.63, 3.8) is 0 Å². The average Bonchev–Trinajstić information content (AvgIpc) is 2.53. The number of rotatable bonds is 1. The molecule has 2 heterocycles. The standard InChI is InChI=1S/C9H17N3O/c1-7-5-12(6-9(13)11-7)8-3-2-4-10-8/h7-8,10H,2-6H2,1H3,(H,11,13). The fraction of sp³-hybridized carbons (Fsp3) is 0.889. The molecule has 74 valence electrons. The number of nitrogens with one attached hydrogen (secondary N) is 2. The molecule has 2 aliphatic heterocycles. The van der Waals surface area contributed by atoms with Gasteiger partial charge in [0.25, 0.3) is 0 Å². The van der Waals surface area contributed by atoms with Crippen LogP contribution in [0.5, 0.6) is 0 Å². The van der Waals surface area contributed by atoms with Gasteiger partial charge in [0, 0.05) is 12.6 Å². The van der Waals surface area contributed by atoms with Crippen LogP contribution in [0.2, 0.25) is 0 Å². The lowest BCUT2D eigenvalue weighted by Crippen LogP contribution is -2.57. The van der Waals surface area contributed by atoms with Crippen molar-refractivity contribution < 1.29 is 4.79 Å². The van der Waals surface area contributed by atoms with Crippen LogP contribution in [0.15, 0.2) is 0 Å². The minimum absolute atomic E-state index is 0.160. The van der Waals surface area contributed by atoms with Crippen LogP contribution in [0.3, 0.4) is 0 Å². The van der Waals surface area contributed by atoms with E-state index in [0.29, 0.717) is 18.8 Å². The second-order valence-corrected chi connectivity index (χ2v) is 4.01. The summed E-state index contributed by atoms with van der Waals surface area (Å²) in [4.78, 5) is 13.5. The Kier molecular flexibility index (Phi) is 2.51. The molecule has 1 amide bonds. The maximum atomic E-state index is 11.3. The van der Waals surface area contributed by atoms with Gasteiger partial charge in [-0.15, -0.1) is 0 Å². The fourth-order valence-corrected chi connectivity index (χ4v) is 2.18. The quantitative estimate of drug-likeness (QED) is 0.577. The van der Waals surface area contributed by atoms with Gasteiger partial charge in [0.2, 0.25) is 5.91 Å². The first-order valence-electron chi connectivity index (χ1n) is 5.02. The molecule has 2 aliphatic rings. The van der Waals surface area contributed by atoms with Crippen LogP contribution in [-0.2, 0) is 4.79 Å². The number of amides is 1. The van der Waals surface area contributed by atoms with Crippen molar-refractivity contribution in [1.29, 1.82) is 0 Å². The summed E-state index contributed by atoms with van der Waals surface area (Å²) in [6.07, 6.45) is 2.85. The first-order valence-corrected chi connectivity index (χ1v) is 5.02. The molecular formula is C9H17N3O. The zero-order valence-corrected chi connectivity index (χ0v) is 8.05. The highest BCUT2D eigenvalue weighted by Gasteiger charge is 2.28. The van der Waals surface area contributed by atoms with Crippen molar-refractivity contribution in [2.75, 3.05) is 19.6 Å². The molecule has 0 aromatic carbocycles. The highest BCUT2D eigenvalue weighted by molar-refractivity contribution is 5.79. The van der Waals surface area contributed by atoms with Crippen molar-refractivity contribution in [3.05, 3.63) is 0 Å². The Morgan fingerprint density at radius 3 is 3.00 bits per heavy atom. The van der Waals surface area contributed by atoms with Gasteiger partial charge in [0.1, 0.15) is 0 Å². The fourth-order valence-electron chi connectivity index (χ4n) is 2.18. The molecule has 0 aromatic rings. The predicted molar refractivity (Wildman–Crippen MR) is 50.2 cm³/mol. The number of hydrogen-bond acceptors (Lipinski definition) is 3. The molecule has 0 radical (unpaired) electrons. The van der Waals surface area contributed by atoms with Crippen molar-refractivity contribution in [3.8, 4) is 0 Å². The Morgan fingerprint density at radius 2 is 2.38 bits per heavy atom. The molecule has 4 nitrogen and oxygen atoms in total. The second kappa shape index (κ2) is 3.64. The number of nitrogens with zero attached hydrogens (tertiary/aromatic N) is 1.